The summed E-state index contributed by atoms with van der Waals surface area (Å²) in [5, 5.41) is 11.8. The Balaban J connectivity index is 1.53. The molecule has 6 nitrogen and oxygen atoms in total. The van der Waals surface area contributed by atoms with E-state index in [9.17, 15) is 14.4 Å². The third kappa shape index (κ3) is 3.42. The molecule has 0 saturated heterocycles. The summed E-state index contributed by atoms with van der Waals surface area (Å²) in [5.41, 5.74) is 2.06. The highest BCUT2D eigenvalue weighted by atomic mass is 16.4. The van der Waals surface area contributed by atoms with Crippen LogP contribution in [0.15, 0.2) is 24.3 Å². The van der Waals surface area contributed by atoms with Gasteiger partial charge in [-0.1, -0.05) is 24.6 Å². The van der Waals surface area contributed by atoms with E-state index in [-0.39, 0.29) is 24.3 Å². The molecular formula is C18H22N2O4. The molecule has 1 aliphatic heterocycles. The highest BCUT2D eigenvalue weighted by Gasteiger charge is 2.31. The fraction of sp³-hybridized carbons (Fsp3) is 0.500. The first-order chi connectivity index (χ1) is 11.6. The maximum absolute atomic E-state index is 12.4. The molecule has 1 saturated carbocycles. The van der Waals surface area contributed by atoms with Gasteiger partial charge < -0.3 is 15.3 Å². The fourth-order valence-electron chi connectivity index (χ4n) is 3.65. The number of carboxylic acid groups (broad SMARTS) is 1. The lowest BCUT2D eigenvalue weighted by atomic mass is 9.81. The van der Waals surface area contributed by atoms with Crippen molar-refractivity contribution in [2.45, 2.75) is 32.1 Å². The predicted molar refractivity (Wildman–Crippen MR) is 88.6 cm³/mol. The van der Waals surface area contributed by atoms with E-state index in [4.69, 9.17) is 5.11 Å². The number of rotatable bonds is 4. The quantitative estimate of drug-likeness (QED) is 0.877. The summed E-state index contributed by atoms with van der Waals surface area (Å²) < 4.78 is 0. The number of benzene rings is 1. The van der Waals surface area contributed by atoms with Crippen molar-refractivity contribution >= 4 is 23.5 Å². The molecule has 0 bridgehead atoms. The maximum Gasteiger partial charge on any atom is 0.306 e. The number of hydrogen-bond donors (Lipinski definition) is 2. The molecule has 0 spiro atoms. The number of anilines is 1. The Morgan fingerprint density at radius 3 is 2.71 bits per heavy atom. The van der Waals surface area contributed by atoms with E-state index < -0.39 is 11.9 Å². The fourth-order valence-corrected chi connectivity index (χ4v) is 3.65. The van der Waals surface area contributed by atoms with Gasteiger partial charge in [-0.25, -0.2) is 0 Å². The molecule has 3 rings (SSSR count). The largest absolute Gasteiger partial charge is 0.481 e. The van der Waals surface area contributed by atoms with E-state index in [1.54, 1.807) is 4.90 Å². The van der Waals surface area contributed by atoms with Gasteiger partial charge in [0.2, 0.25) is 11.8 Å². The number of para-hydroxylation sites is 1. The van der Waals surface area contributed by atoms with Crippen LogP contribution in [0.2, 0.25) is 0 Å². The minimum Gasteiger partial charge on any atom is -0.481 e. The SMILES string of the molecule is O=C(O)C1CCCC(C(=O)NCC(=O)N2CCc3ccccc32)C1. The Morgan fingerprint density at radius 1 is 1.17 bits per heavy atom. The molecule has 2 aliphatic rings. The van der Waals surface area contributed by atoms with Gasteiger partial charge in [0.05, 0.1) is 12.5 Å². The molecule has 2 N–H and O–H groups in total. The van der Waals surface area contributed by atoms with Crippen LogP contribution in [0.5, 0.6) is 0 Å². The molecule has 24 heavy (non-hydrogen) atoms. The first kappa shape index (κ1) is 16.5. The molecule has 128 valence electrons. The summed E-state index contributed by atoms with van der Waals surface area (Å²) in [5.74, 6) is -1.92. The molecule has 1 fully saturated rings. The van der Waals surface area contributed by atoms with E-state index >= 15 is 0 Å². The molecule has 1 aromatic carbocycles. The zero-order valence-corrected chi connectivity index (χ0v) is 13.5. The zero-order valence-electron chi connectivity index (χ0n) is 13.5. The summed E-state index contributed by atoms with van der Waals surface area (Å²) >= 11 is 0. The molecule has 1 heterocycles. The lowest BCUT2D eigenvalue weighted by Gasteiger charge is -2.26. The number of carboxylic acids is 1. The second-order valence-corrected chi connectivity index (χ2v) is 6.54. The first-order valence-electron chi connectivity index (χ1n) is 8.45. The highest BCUT2D eigenvalue weighted by Crippen LogP contribution is 2.30. The Hall–Kier alpha value is -2.37. The summed E-state index contributed by atoms with van der Waals surface area (Å²) in [4.78, 5) is 37.4. The third-order valence-corrected chi connectivity index (χ3v) is 5.00. The van der Waals surface area contributed by atoms with E-state index in [1.165, 1.54) is 0 Å². The number of nitrogens with one attached hydrogen (secondary N) is 1. The molecule has 0 aromatic heterocycles. The van der Waals surface area contributed by atoms with Crippen LogP contribution in [0.1, 0.15) is 31.2 Å². The summed E-state index contributed by atoms with van der Waals surface area (Å²) in [6.07, 6.45) is 3.25. The van der Waals surface area contributed by atoms with Crippen molar-refractivity contribution in [1.29, 1.82) is 0 Å². The van der Waals surface area contributed by atoms with Crippen LogP contribution in [-0.2, 0) is 20.8 Å². The molecule has 1 aromatic rings. The number of aliphatic carboxylic acids is 1. The van der Waals surface area contributed by atoms with Crippen LogP contribution in [0, 0.1) is 11.8 Å². The minimum absolute atomic E-state index is 0.0403. The van der Waals surface area contributed by atoms with Crippen LogP contribution in [-0.4, -0.2) is 36.0 Å². The summed E-state index contributed by atoms with van der Waals surface area (Å²) in [6, 6.07) is 7.78. The van der Waals surface area contributed by atoms with E-state index in [0.717, 1.165) is 24.1 Å². The summed E-state index contributed by atoms with van der Waals surface area (Å²) in [6.45, 7) is 0.597. The van der Waals surface area contributed by atoms with Crippen molar-refractivity contribution in [2.24, 2.45) is 11.8 Å². The van der Waals surface area contributed by atoms with Crippen LogP contribution in [0.3, 0.4) is 0 Å². The predicted octanol–water partition coefficient (Wildman–Crippen LogP) is 1.58. The van der Waals surface area contributed by atoms with Crippen LogP contribution in [0.25, 0.3) is 0 Å². The van der Waals surface area contributed by atoms with Gasteiger partial charge in [0.25, 0.3) is 0 Å². The number of hydrogen-bond acceptors (Lipinski definition) is 3. The van der Waals surface area contributed by atoms with Crippen molar-refractivity contribution in [2.75, 3.05) is 18.0 Å². The average molecular weight is 330 g/mol. The van der Waals surface area contributed by atoms with E-state index in [0.29, 0.717) is 25.8 Å². The minimum atomic E-state index is -0.836. The van der Waals surface area contributed by atoms with Gasteiger partial charge in [-0.3, -0.25) is 14.4 Å². The van der Waals surface area contributed by atoms with Crippen LogP contribution < -0.4 is 10.2 Å². The first-order valence-corrected chi connectivity index (χ1v) is 8.45. The molecule has 2 atom stereocenters. The van der Waals surface area contributed by atoms with Gasteiger partial charge in [-0.15, -0.1) is 0 Å². The molecular weight excluding hydrogens is 308 g/mol. The van der Waals surface area contributed by atoms with E-state index in [2.05, 4.69) is 5.32 Å². The van der Waals surface area contributed by atoms with Gasteiger partial charge in [0.15, 0.2) is 0 Å². The molecule has 2 unspecified atom stereocenters. The van der Waals surface area contributed by atoms with Crippen molar-refractivity contribution in [3.05, 3.63) is 29.8 Å². The molecule has 6 heteroatoms. The number of carbonyl (C=O) groups excluding carboxylic acids is 2. The Kier molecular flexibility index (Phi) is 4.83. The third-order valence-electron chi connectivity index (χ3n) is 5.00. The molecule has 2 amide bonds. The average Bonchev–Trinajstić information content (AvgIpc) is 3.03. The van der Waals surface area contributed by atoms with Crippen molar-refractivity contribution in [1.82, 2.24) is 5.32 Å². The second-order valence-electron chi connectivity index (χ2n) is 6.54. The molecule has 1 aliphatic carbocycles. The lowest BCUT2D eigenvalue weighted by Crippen LogP contribution is -2.42. The topological polar surface area (TPSA) is 86.7 Å². The second kappa shape index (κ2) is 7.03. The van der Waals surface area contributed by atoms with Gasteiger partial charge >= 0.3 is 5.97 Å². The van der Waals surface area contributed by atoms with Crippen molar-refractivity contribution in [3.63, 3.8) is 0 Å². The van der Waals surface area contributed by atoms with Crippen LogP contribution in [0.4, 0.5) is 5.69 Å². The van der Waals surface area contributed by atoms with Gasteiger partial charge in [0, 0.05) is 18.2 Å². The Bertz CT molecular complexity index is 658. The van der Waals surface area contributed by atoms with Crippen molar-refractivity contribution in [3.8, 4) is 0 Å². The lowest BCUT2D eigenvalue weighted by molar-refractivity contribution is -0.144. The smallest absolute Gasteiger partial charge is 0.306 e. The number of fused-ring (bicyclic) bond motifs is 1. The van der Waals surface area contributed by atoms with Gasteiger partial charge in [-0.05, 0) is 37.3 Å². The van der Waals surface area contributed by atoms with Gasteiger partial charge in [-0.2, -0.15) is 0 Å². The monoisotopic (exact) mass is 330 g/mol. The number of nitrogens with zero attached hydrogens (tertiary/aromatic N) is 1. The summed E-state index contributed by atoms with van der Waals surface area (Å²) in [7, 11) is 0. The standard InChI is InChI=1S/C18H22N2O4/c21-16(20-9-8-12-4-1-2-7-15(12)20)11-19-17(22)13-5-3-6-14(10-13)18(23)24/h1-2,4,7,13-14H,3,5-6,8-11H2,(H,19,22)(H,23,24). The normalized spacial score (nSPS) is 22.8. The van der Waals surface area contributed by atoms with Crippen molar-refractivity contribution < 1.29 is 19.5 Å². The zero-order chi connectivity index (χ0) is 17.1. The maximum atomic E-state index is 12.4. The van der Waals surface area contributed by atoms with Crippen LogP contribution >= 0.6 is 0 Å². The number of carbonyl (C=O) groups is 3. The Labute approximate surface area is 140 Å². The highest BCUT2D eigenvalue weighted by molar-refractivity contribution is 5.98. The Morgan fingerprint density at radius 2 is 1.92 bits per heavy atom. The van der Waals surface area contributed by atoms with E-state index in [1.807, 2.05) is 24.3 Å². The number of amides is 2. The van der Waals surface area contributed by atoms with Gasteiger partial charge in [0.1, 0.15) is 0 Å². The molecule has 0 radical (unpaired) electrons.